The summed E-state index contributed by atoms with van der Waals surface area (Å²) >= 11 is 0. The highest BCUT2D eigenvalue weighted by atomic mass is 16.5. The van der Waals surface area contributed by atoms with E-state index in [-0.39, 0.29) is 0 Å². The van der Waals surface area contributed by atoms with Gasteiger partial charge in [0, 0.05) is 37.7 Å². The molecule has 1 N–H and O–H groups in total. The fraction of sp³-hybridized carbons (Fsp3) is 1.00. The molecule has 3 heteroatoms. The third-order valence-electron chi connectivity index (χ3n) is 3.42. The first kappa shape index (κ1) is 15.9. The number of hydrogen-bond donors (Lipinski definition) is 1. The molecule has 18 heavy (non-hydrogen) atoms. The molecule has 1 saturated heterocycles. The van der Waals surface area contributed by atoms with Gasteiger partial charge in [0.2, 0.25) is 0 Å². The summed E-state index contributed by atoms with van der Waals surface area (Å²) < 4.78 is 5.66. The van der Waals surface area contributed by atoms with E-state index in [4.69, 9.17) is 4.74 Å². The molecule has 1 atom stereocenters. The maximum absolute atomic E-state index is 5.66. The van der Waals surface area contributed by atoms with Crippen molar-refractivity contribution < 1.29 is 4.74 Å². The lowest BCUT2D eigenvalue weighted by molar-refractivity contribution is 0.103. The van der Waals surface area contributed by atoms with Crippen LogP contribution in [0.3, 0.4) is 0 Å². The first-order chi connectivity index (χ1) is 8.22. The predicted octanol–water partition coefficient (Wildman–Crippen LogP) is 2.37. The summed E-state index contributed by atoms with van der Waals surface area (Å²) in [7, 11) is 2.24. The van der Waals surface area contributed by atoms with Crippen LogP contribution in [0.5, 0.6) is 0 Å². The molecule has 0 saturated carbocycles. The van der Waals surface area contributed by atoms with Crippen molar-refractivity contribution in [2.45, 2.75) is 47.1 Å². The first-order valence-corrected chi connectivity index (χ1v) is 7.22. The lowest BCUT2D eigenvalue weighted by Gasteiger charge is -2.36. The van der Waals surface area contributed by atoms with Crippen molar-refractivity contribution in [3.05, 3.63) is 0 Å². The van der Waals surface area contributed by atoms with Gasteiger partial charge in [0.25, 0.3) is 0 Å². The molecular formula is C15H32N2O. The first-order valence-electron chi connectivity index (χ1n) is 7.22. The Morgan fingerprint density at radius 1 is 1.33 bits per heavy atom. The summed E-state index contributed by atoms with van der Waals surface area (Å²) in [6, 6.07) is 0.551. The fourth-order valence-corrected chi connectivity index (χ4v) is 2.83. The van der Waals surface area contributed by atoms with Gasteiger partial charge in [-0.05, 0) is 18.9 Å². The summed E-state index contributed by atoms with van der Waals surface area (Å²) in [6.45, 7) is 16.5. The zero-order chi connectivity index (χ0) is 13.8. The summed E-state index contributed by atoms with van der Waals surface area (Å²) in [5, 5.41) is 3.59. The standard InChI is InChI=1S/C15H32N2O/c1-13(2)16-9-15(7-8-18-12-15)11-17(6)10-14(3,4)5/h13,16H,7-12H2,1-6H3. The minimum absolute atomic E-state index is 0.310. The van der Waals surface area contributed by atoms with Crippen molar-refractivity contribution in [2.24, 2.45) is 10.8 Å². The monoisotopic (exact) mass is 256 g/mol. The lowest BCUT2D eigenvalue weighted by Crippen LogP contribution is -2.46. The van der Waals surface area contributed by atoms with Crippen molar-refractivity contribution >= 4 is 0 Å². The van der Waals surface area contributed by atoms with Crippen molar-refractivity contribution in [1.82, 2.24) is 10.2 Å². The summed E-state index contributed by atoms with van der Waals surface area (Å²) in [4.78, 5) is 2.47. The molecule has 0 aromatic heterocycles. The minimum atomic E-state index is 0.310. The van der Waals surface area contributed by atoms with Gasteiger partial charge in [-0.1, -0.05) is 34.6 Å². The summed E-state index contributed by atoms with van der Waals surface area (Å²) in [5.41, 5.74) is 0.672. The van der Waals surface area contributed by atoms with Crippen molar-refractivity contribution in [2.75, 3.05) is 39.9 Å². The Hall–Kier alpha value is -0.120. The highest BCUT2D eigenvalue weighted by Crippen LogP contribution is 2.30. The molecule has 1 rings (SSSR count). The Bertz CT molecular complexity index is 239. The van der Waals surface area contributed by atoms with E-state index in [0.717, 1.165) is 32.8 Å². The average molecular weight is 256 g/mol. The van der Waals surface area contributed by atoms with Gasteiger partial charge in [0.15, 0.2) is 0 Å². The Kier molecular flexibility index (Phi) is 5.63. The molecule has 0 spiro atoms. The molecule has 108 valence electrons. The minimum Gasteiger partial charge on any atom is -0.381 e. The van der Waals surface area contributed by atoms with Gasteiger partial charge in [-0.25, -0.2) is 0 Å². The van der Waals surface area contributed by atoms with Crippen LogP contribution in [0.25, 0.3) is 0 Å². The zero-order valence-electron chi connectivity index (χ0n) is 13.2. The number of nitrogens with zero attached hydrogens (tertiary/aromatic N) is 1. The molecule has 1 aliphatic rings. The SMILES string of the molecule is CC(C)NCC1(CN(C)CC(C)(C)C)CCOC1. The van der Waals surface area contributed by atoms with Crippen LogP contribution in [-0.4, -0.2) is 50.8 Å². The van der Waals surface area contributed by atoms with Crippen molar-refractivity contribution in [3.63, 3.8) is 0 Å². The molecule has 0 bridgehead atoms. The lowest BCUT2D eigenvalue weighted by atomic mass is 9.85. The third-order valence-corrected chi connectivity index (χ3v) is 3.42. The second-order valence-electron chi connectivity index (χ2n) is 7.57. The van der Waals surface area contributed by atoms with Crippen LogP contribution in [-0.2, 0) is 4.74 Å². The Morgan fingerprint density at radius 2 is 2.00 bits per heavy atom. The molecule has 0 radical (unpaired) electrons. The maximum Gasteiger partial charge on any atom is 0.0547 e. The molecule has 3 nitrogen and oxygen atoms in total. The second-order valence-corrected chi connectivity index (χ2v) is 7.57. The zero-order valence-corrected chi connectivity index (χ0v) is 13.2. The van der Waals surface area contributed by atoms with Crippen LogP contribution >= 0.6 is 0 Å². The van der Waals surface area contributed by atoms with Gasteiger partial charge in [-0.2, -0.15) is 0 Å². The fourth-order valence-electron chi connectivity index (χ4n) is 2.83. The number of hydrogen-bond acceptors (Lipinski definition) is 3. The van der Waals surface area contributed by atoms with Crippen LogP contribution in [0.4, 0.5) is 0 Å². The Morgan fingerprint density at radius 3 is 2.44 bits per heavy atom. The molecule has 1 heterocycles. The largest absolute Gasteiger partial charge is 0.381 e. The number of nitrogens with one attached hydrogen (secondary N) is 1. The van der Waals surface area contributed by atoms with E-state index in [9.17, 15) is 0 Å². The van der Waals surface area contributed by atoms with Crippen LogP contribution in [0.2, 0.25) is 0 Å². The second kappa shape index (κ2) is 6.36. The summed E-state index contributed by atoms with van der Waals surface area (Å²) in [5.74, 6) is 0. The van der Waals surface area contributed by atoms with Gasteiger partial charge in [-0.15, -0.1) is 0 Å². The normalized spacial score (nSPS) is 25.3. The van der Waals surface area contributed by atoms with Gasteiger partial charge < -0.3 is 15.0 Å². The van der Waals surface area contributed by atoms with Crippen LogP contribution in [0.15, 0.2) is 0 Å². The highest BCUT2D eigenvalue weighted by molar-refractivity contribution is 4.89. The smallest absolute Gasteiger partial charge is 0.0547 e. The van der Waals surface area contributed by atoms with Gasteiger partial charge in [0.1, 0.15) is 0 Å². The molecule has 0 aromatic carbocycles. The quantitative estimate of drug-likeness (QED) is 0.789. The number of ether oxygens (including phenoxy) is 1. The molecule has 1 fully saturated rings. The van der Waals surface area contributed by atoms with E-state index in [2.05, 4.69) is 51.9 Å². The number of rotatable bonds is 6. The highest BCUT2D eigenvalue weighted by Gasteiger charge is 2.36. The Labute approximate surface area is 113 Å². The predicted molar refractivity (Wildman–Crippen MR) is 78.0 cm³/mol. The maximum atomic E-state index is 5.66. The molecule has 0 amide bonds. The van der Waals surface area contributed by atoms with E-state index < -0.39 is 0 Å². The van der Waals surface area contributed by atoms with E-state index in [1.165, 1.54) is 6.42 Å². The van der Waals surface area contributed by atoms with E-state index in [0.29, 0.717) is 16.9 Å². The molecular weight excluding hydrogens is 224 g/mol. The van der Waals surface area contributed by atoms with E-state index in [1.54, 1.807) is 0 Å². The Balaban J connectivity index is 2.51. The topological polar surface area (TPSA) is 24.5 Å². The van der Waals surface area contributed by atoms with Crippen molar-refractivity contribution in [3.8, 4) is 0 Å². The van der Waals surface area contributed by atoms with Crippen LogP contribution in [0, 0.1) is 10.8 Å². The average Bonchev–Trinajstić information content (AvgIpc) is 2.61. The van der Waals surface area contributed by atoms with Crippen LogP contribution in [0.1, 0.15) is 41.0 Å². The molecule has 1 unspecified atom stereocenters. The van der Waals surface area contributed by atoms with E-state index in [1.807, 2.05) is 0 Å². The van der Waals surface area contributed by atoms with Crippen LogP contribution < -0.4 is 5.32 Å². The van der Waals surface area contributed by atoms with E-state index >= 15 is 0 Å². The van der Waals surface area contributed by atoms with Gasteiger partial charge in [-0.3, -0.25) is 0 Å². The third kappa shape index (κ3) is 5.68. The summed E-state index contributed by atoms with van der Waals surface area (Å²) in [6.07, 6.45) is 1.18. The molecule has 0 aromatic rings. The molecule has 1 aliphatic heterocycles. The molecule has 0 aliphatic carbocycles. The van der Waals surface area contributed by atoms with Gasteiger partial charge >= 0.3 is 0 Å². The van der Waals surface area contributed by atoms with Gasteiger partial charge in [0.05, 0.1) is 6.61 Å². The van der Waals surface area contributed by atoms with Crippen molar-refractivity contribution in [1.29, 1.82) is 0 Å².